The number of aryl methyl sites for hydroxylation is 1. The highest BCUT2D eigenvalue weighted by Crippen LogP contribution is 2.13. The smallest absolute Gasteiger partial charge is 0.337 e. The van der Waals surface area contributed by atoms with Crippen molar-refractivity contribution in [3.63, 3.8) is 0 Å². The van der Waals surface area contributed by atoms with E-state index < -0.39 is 5.97 Å². The summed E-state index contributed by atoms with van der Waals surface area (Å²) in [4.78, 5) is 27.4. The average molecular weight is 350 g/mol. The number of carboxylic acid groups (broad SMARTS) is 1. The Kier molecular flexibility index (Phi) is 5.12. The first-order valence-corrected chi connectivity index (χ1v) is 8.13. The molecule has 132 valence electrons. The van der Waals surface area contributed by atoms with Crippen LogP contribution in [0.2, 0.25) is 0 Å². The van der Waals surface area contributed by atoms with Gasteiger partial charge in [-0.1, -0.05) is 29.8 Å². The molecule has 3 aromatic rings. The molecule has 6 nitrogen and oxygen atoms in total. The number of carbonyl (C=O) groups is 2. The molecular weight excluding hydrogens is 332 g/mol. The minimum absolute atomic E-state index is 0.0427. The van der Waals surface area contributed by atoms with Crippen molar-refractivity contribution >= 4 is 11.8 Å². The lowest BCUT2D eigenvalue weighted by Gasteiger charge is -2.10. The predicted octanol–water partition coefficient (Wildman–Crippen LogP) is 3.20. The van der Waals surface area contributed by atoms with Crippen molar-refractivity contribution in [1.29, 1.82) is 0 Å². The van der Waals surface area contributed by atoms with E-state index in [1.54, 1.807) is 6.07 Å². The summed E-state index contributed by atoms with van der Waals surface area (Å²) in [6, 6.07) is 14.0. The maximum atomic E-state index is 12.6. The number of nitrogens with zero attached hydrogens (tertiary/aromatic N) is 2. The quantitative estimate of drug-likeness (QED) is 0.662. The first-order valence-electron chi connectivity index (χ1n) is 8.13. The molecule has 2 heterocycles. The molecule has 1 N–H and O–H groups in total. The minimum atomic E-state index is -1.03. The maximum absolute atomic E-state index is 12.6. The van der Waals surface area contributed by atoms with Gasteiger partial charge in [0.05, 0.1) is 17.8 Å². The molecule has 0 radical (unpaired) electrons. The molecule has 0 fully saturated rings. The molecule has 0 spiro atoms. The van der Waals surface area contributed by atoms with Crippen molar-refractivity contribution in [1.82, 2.24) is 9.55 Å². The molecule has 6 heteroatoms. The Morgan fingerprint density at radius 2 is 1.81 bits per heavy atom. The van der Waals surface area contributed by atoms with E-state index in [2.05, 4.69) is 4.98 Å². The number of aromatic carboxylic acids is 1. The summed E-state index contributed by atoms with van der Waals surface area (Å²) < 4.78 is 7.36. The Morgan fingerprint density at radius 3 is 2.46 bits per heavy atom. The summed E-state index contributed by atoms with van der Waals surface area (Å²) in [5.74, 6) is -0.733. The number of hydrogen-bond acceptors (Lipinski definition) is 4. The molecule has 2 aromatic heterocycles. The molecule has 3 rings (SSSR count). The second-order valence-corrected chi connectivity index (χ2v) is 5.82. The minimum Gasteiger partial charge on any atom is -0.478 e. The zero-order chi connectivity index (χ0) is 18.5. The second-order valence-electron chi connectivity index (χ2n) is 5.82. The number of benzene rings is 1. The Morgan fingerprint density at radius 1 is 1.08 bits per heavy atom. The Balaban J connectivity index is 1.63. The van der Waals surface area contributed by atoms with Crippen LogP contribution in [0, 0.1) is 6.92 Å². The fourth-order valence-electron chi connectivity index (χ4n) is 2.51. The van der Waals surface area contributed by atoms with Gasteiger partial charge in [0.2, 0.25) is 11.7 Å². The van der Waals surface area contributed by atoms with Crippen LogP contribution in [0.25, 0.3) is 0 Å². The lowest BCUT2D eigenvalue weighted by molar-refractivity contribution is 0.0696. The van der Waals surface area contributed by atoms with Crippen LogP contribution in [0.1, 0.15) is 32.0 Å². The molecule has 0 saturated carbocycles. The van der Waals surface area contributed by atoms with E-state index in [0.29, 0.717) is 30.3 Å². The van der Waals surface area contributed by atoms with E-state index in [9.17, 15) is 9.59 Å². The van der Waals surface area contributed by atoms with Crippen LogP contribution >= 0.6 is 0 Å². The summed E-state index contributed by atoms with van der Waals surface area (Å²) in [5, 5.41) is 8.85. The van der Waals surface area contributed by atoms with E-state index in [4.69, 9.17) is 9.84 Å². The van der Waals surface area contributed by atoms with E-state index >= 15 is 0 Å². The largest absolute Gasteiger partial charge is 0.478 e. The summed E-state index contributed by atoms with van der Waals surface area (Å²) in [6.07, 6.45) is 3.07. The highest BCUT2D eigenvalue weighted by molar-refractivity contribution is 6.08. The molecule has 0 amide bonds. The van der Waals surface area contributed by atoms with E-state index in [1.165, 1.54) is 18.3 Å². The first kappa shape index (κ1) is 17.4. The van der Waals surface area contributed by atoms with Crippen LogP contribution in [-0.4, -0.2) is 33.0 Å². The zero-order valence-corrected chi connectivity index (χ0v) is 14.3. The van der Waals surface area contributed by atoms with Gasteiger partial charge in [-0.05, 0) is 25.1 Å². The van der Waals surface area contributed by atoms with Crippen molar-refractivity contribution in [3.8, 4) is 5.88 Å². The molecular formula is C20H18N2O4. The standard InChI is InChI=1S/C20H18N2O4/c1-14-4-6-15(7-5-14)19(23)17-3-2-10-22(17)11-12-26-18-9-8-16(13-21-18)20(24)25/h2-10,13H,11-12H2,1H3,(H,24,25). The molecule has 0 aliphatic heterocycles. The molecule has 1 aromatic carbocycles. The van der Waals surface area contributed by atoms with Gasteiger partial charge in [0.15, 0.2) is 0 Å². The van der Waals surface area contributed by atoms with Gasteiger partial charge in [0, 0.05) is 24.0 Å². The lowest BCUT2D eigenvalue weighted by atomic mass is 10.1. The van der Waals surface area contributed by atoms with Crippen LogP contribution in [0.5, 0.6) is 5.88 Å². The van der Waals surface area contributed by atoms with Gasteiger partial charge in [0.1, 0.15) is 6.61 Å². The SMILES string of the molecule is Cc1ccc(C(=O)c2cccn2CCOc2ccc(C(=O)O)cn2)cc1. The van der Waals surface area contributed by atoms with Crippen molar-refractivity contribution in [3.05, 3.63) is 83.3 Å². The number of rotatable bonds is 7. The van der Waals surface area contributed by atoms with Gasteiger partial charge in [-0.15, -0.1) is 0 Å². The first-order chi connectivity index (χ1) is 12.5. The third-order valence-electron chi connectivity index (χ3n) is 3.94. The number of carboxylic acids is 1. The second kappa shape index (κ2) is 7.65. The summed E-state index contributed by atoms with van der Waals surface area (Å²) in [5.41, 5.74) is 2.44. The fraction of sp³-hybridized carbons (Fsp3) is 0.150. The van der Waals surface area contributed by atoms with Gasteiger partial charge in [-0.25, -0.2) is 9.78 Å². The summed E-state index contributed by atoms with van der Waals surface area (Å²) >= 11 is 0. The van der Waals surface area contributed by atoms with E-state index in [-0.39, 0.29) is 11.3 Å². The number of carbonyl (C=O) groups excluding carboxylic acids is 1. The van der Waals surface area contributed by atoms with Gasteiger partial charge >= 0.3 is 5.97 Å². The lowest BCUT2D eigenvalue weighted by Crippen LogP contribution is -2.14. The van der Waals surface area contributed by atoms with E-state index in [0.717, 1.165) is 5.56 Å². The predicted molar refractivity (Wildman–Crippen MR) is 95.7 cm³/mol. The normalized spacial score (nSPS) is 10.5. The molecule has 0 aliphatic carbocycles. The van der Waals surface area contributed by atoms with Crippen molar-refractivity contribution in [2.45, 2.75) is 13.5 Å². The van der Waals surface area contributed by atoms with Crippen LogP contribution in [-0.2, 0) is 6.54 Å². The third kappa shape index (κ3) is 3.97. The fourth-order valence-corrected chi connectivity index (χ4v) is 2.51. The van der Waals surface area contributed by atoms with Crippen molar-refractivity contribution < 1.29 is 19.4 Å². The third-order valence-corrected chi connectivity index (χ3v) is 3.94. The number of ketones is 1. The van der Waals surface area contributed by atoms with Gasteiger partial charge < -0.3 is 14.4 Å². The van der Waals surface area contributed by atoms with Gasteiger partial charge in [0.25, 0.3) is 0 Å². The van der Waals surface area contributed by atoms with Crippen LogP contribution in [0.4, 0.5) is 0 Å². The summed E-state index contributed by atoms with van der Waals surface area (Å²) in [7, 11) is 0. The zero-order valence-electron chi connectivity index (χ0n) is 14.3. The molecule has 0 atom stereocenters. The molecule has 0 aliphatic rings. The maximum Gasteiger partial charge on any atom is 0.337 e. The Labute approximate surface area is 150 Å². The Hall–Kier alpha value is -3.41. The van der Waals surface area contributed by atoms with Crippen LogP contribution in [0.3, 0.4) is 0 Å². The molecule has 0 bridgehead atoms. The highest BCUT2D eigenvalue weighted by Gasteiger charge is 2.13. The summed E-state index contributed by atoms with van der Waals surface area (Å²) in [6.45, 7) is 2.76. The average Bonchev–Trinajstić information content (AvgIpc) is 3.10. The monoisotopic (exact) mass is 350 g/mol. The van der Waals surface area contributed by atoms with Crippen molar-refractivity contribution in [2.24, 2.45) is 0 Å². The number of pyridine rings is 1. The number of aromatic nitrogens is 2. The van der Waals surface area contributed by atoms with Gasteiger partial charge in [-0.2, -0.15) is 0 Å². The van der Waals surface area contributed by atoms with Crippen LogP contribution in [0.15, 0.2) is 60.9 Å². The number of ether oxygens (including phenoxy) is 1. The Bertz CT molecular complexity index is 912. The van der Waals surface area contributed by atoms with Crippen molar-refractivity contribution in [2.75, 3.05) is 6.61 Å². The van der Waals surface area contributed by atoms with Crippen LogP contribution < -0.4 is 4.74 Å². The topological polar surface area (TPSA) is 81.4 Å². The highest BCUT2D eigenvalue weighted by atomic mass is 16.5. The van der Waals surface area contributed by atoms with Gasteiger partial charge in [-0.3, -0.25) is 4.79 Å². The van der Waals surface area contributed by atoms with E-state index in [1.807, 2.05) is 48.0 Å². The number of hydrogen-bond donors (Lipinski definition) is 1. The molecule has 26 heavy (non-hydrogen) atoms. The molecule has 0 unspecified atom stereocenters. The molecule has 0 saturated heterocycles.